The van der Waals surface area contributed by atoms with Crippen molar-refractivity contribution in [3.8, 4) is 0 Å². The first kappa shape index (κ1) is 43.4. The minimum absolute atomic E-state index is 0.0863. The van der Waals surface area contributed by atoms with E-state index in [1.54, 1.807) is 0 Å². The third-order valence-electron chi connectivity index (χ3n) is 9.79. The van der Waals surface area contributed by atoms with Gasteiger partial charge in [0, 0.05) is 0 Å². The first-order valence-corrected chi connectivity index (χ1v) is 20.7. The minimum Gasteiger partial charge on any atom is -0.462 e. The predicted molar refractivity (Wildman–Crippen MR) is 208 cm³/mol. The van der Waals surface area contributed by atoms with Crippen molar-refractivity contribution in [2.24, 2.45) is 5.92 Å². The van der Waals surface area contributed by atoms with Crippen LogP contribution in [0.2, 0.25) is 0 Å². The van der Waals surface area contributed by atoms with Crippen molar-refractivity contribution in [3.05, 3.63) is 48.6 Å². The molecule has 47 heavy (non-hydrogen) atoms. The fourth-order valence-electron chi connectivity index (χ4n) is 6.49. The second-order valence-electron chi connectivity index (χ2n) is 14.4. The number of ether oxygens (including phenoxy) is 1. The summed E-state index contributed by atoms with van der Waals surface area (Å²) in [5.41, 5.74) is 0. The maximum Gasteiger partial charge on any atom is 0.309 e. The number of likely N-dealkylation sites (tertiary alicyclic amines) is 1. The van der Waals surface area contributed by atoms with Crippen LogP contribution >= 0.6 is 0 Å². The molecule has 1 aliphatic rings. The first-order valence-electron chi connectivity index (χ1n) is 20.7. The highest BCUT2D eigenvalue weighted by Gasteiger charge is 2.26. The number of hydrogen-bond donors (Lipinski definition) is 0. The van der Waals surface area contributed by atoms with E-state index in [0.29, 0.717) is 0 Å². The van der Waals surface area contributed by atoms with Crippen LogP contribution < -0.4 is 0 Å². The molecular formula is C44H79NO2. The van der Waals surface area contributed by atoms with Crippen molar-refractivity contribution < 1.29 is 9.53 Å². The minimum atomic E-state index is 0.0863. The molecule has 0 bridgehead atoms. The van der Waals surface area contributed by atoms with Gasteiger partial charge in [0.05, 0.1) is 5.92 Å². The molecule has 0 radical (unpaired) electrons. The lowest BCUT2D eigenvalue weighted by atomic mass is 9.97. The molecule has 1 rings (SSSR count). The Morgan fingerprint density at radius 1 is 0.553 bits per heavy atom. The Labute approximate surface area is 294 Å². The van der Waals surface area contributed by atoms with E-state index in [0.717, 1.165) is 51.6 Å². The molecule has 0 unspecified atom stereocenters. The quantitative estimate of drug-likeness (QED) is 0.0411. The van der Waals surface area contributed by atoms with Crippen LogP contribution in [-0.4, -0.2) is 37.1 Å². The first-order chi connectivity index (χ1) is 23.2. The molecule has 0 atom stereocenters. The maximum absolute atomic E-state index is 13.0. The van der Waals surface area contributed by atoms with Gasteiger partial charge in [-0.05, 0) is 123 Å². The van der Waals surface area contributed by atoms with Gasteiger partial charge in [-0.25, -0.2) is 0 Å². The van der Waals surface area contributed by atoms with Crippen molar-refractivity contribution in [1.29, 1.82) is 0 Å². The lowest BCUT2D eigenvalue weighted by Gasteiger charge is -2.29. The zero-order valence-electron chi connectivity index (χ0n) is 31.8. The Bertz CT molecular complexity index is 741. The zero-order valence-corrected chi connectivity index (χ0v) is 31.8. The number of hydrogen-bond acceptors (Lipinski definition) is 3. The van der Waals surface area contributed by atoms with Gasteiger partial charge in [0.2, 0.25) is 0 Å². The van der Waals surface area contributed by atoms with Crippen LogP contribution in [0, 0.1) is 5.92 Å². The summed E-state index contributed by atoms with van der Waals surface area (Å²) in [5, 5.41) is 0. The largest absolute Gasteiger partial charge is 0.462 e. The highest BCUT2D eigenvalue weighted by molar-refractivity contribution is 5.72. The number of rotatable bonds is 32. The number of esters is 1. The number of allylic oxidation sites excluding steroid dienone is 8. The average molecular weight is 654 g/mol. The fraction of sp³-hybridized carbons (Fsp3) is 0.795. The van der Waals surface area contributed by atoms with Gasteiger partial charge < -0.3 is 9.64 Å². The van der Waals surface area contributed by atoms with Gasteiger partial charge in [0.1, 0.15) is 6.10 Å². The van der Waals surface area contributed by atoms with E-state index in [1.165, 1.54) is 141 Å². The second kappa shape index (κ2) is 34.3. The van der Waals surface area contributed by atoms with Crippen LogP contribution in [0.15, 0.2) is 48.6 Å². The second-order valence-corrected chi connectivity index (χ2v) is 14.4. The summed E-state index contributed by atoms with van der Waals surface area (Å²) < 4.78 is 6.19. The smallest absolute Gasteiger partial charge is 0.309 e. The molecule has 272 valence electrons. The van der Waals surface area contributed by atoms with Crippen LogP contribution in [0.3, 0.4) is 0 Å². The Hall–Kier alpha value is -1.61. The molecule has 0 spiro atoms. The van der Waals surface area contributed by atoms with Crippen LogP contribution in [0.1, 0.15) is 194 Å². The van der Waals surface area contributed by atoms with E-state index in [2.05, 4.69) is 74.4 Å². The fourth-order valence-corrected chi connectivity index (χ4v) is 6.49. The summed E-state index contributed by atoms with van der Waals surface area (Å²) in [6.07, 6.45) is 53.4. The topological polar surface area (TPSA) is 29.5 Å². The number of unbranched alkanes of at least 4 members (excludes halogenated alkanes) is 18. The number of carbonyl (C=O) groups excluding carboxylic acids is 1. The van der Waals surface area contributed by atoms with E-state index in [-0.39, 0.29) is 18.0 Å². The molecule has 3 nitrogen and oxygen atoms in total. The van der Waals surface area contributed by atoms with E-state index in [9.17, 15) is 4.79 Å². The van der Waals surface area contributed by atoms with Gasteiger partial charge in [-0.15, -0.1) is 0 Å². The molecule has 0 aliphatic carbocycles. The molecule has 1 heterocycles. The van der Waals surface area contributed by atoms with Gasteiger partial charge in [0.15, 0.2) is 0 Å². The van der Waals surface area contributed by atoms with Crippen molar-refractivity contribution in [2.45, 2.75) is 200 Å². The molecular weight excluding hydrogens is 574 g/mol. The van der Waals surface area contributed by atoms with Crippen LogP contribution in [0.25, 0.3) is 0 Å². The van der Waals surface area contributed by atoms with Gasteiger partial charge >= 0.3 is 5.97 Å². The predicted octanol–water partition coefficient (Wildman–Crippen LogP) is 13.6. The van der Waals surface area contributed by atoms with E-state index >= 15 is 0 Å². The molecule has 0 aromatic rings. The molecule has 0 N–H and O–H groups in total. The monoisotopic (exact) mass is 654 g/mol. The third kappa shape index (κ3) is 29.1. The van der Waals surface area contributed by atoms with E-state index in [1.807, 2.05) is 0 Å². The Kier molecular flexibility index (Phi) is 31.6. The molecule has 1 fully saturated rings. The summed E-state index contributed by atoms with van der Waals surface area (Å²) in [6.45, 7) is 6.56. The van der Waals surface area contributed by atoms with Crippen LogP contribution in [0.5, 0.6) is 0 Å². The molecule has 1 aliphatic heterocycles. The highest BCUT2D eigenvalue weighted by Crippen LogP contribution is 2.22. The SMILES string of the molecule is CCCCC/C=C\C/C=C\CCCCCCCCC(CCCCCCCC/C=C\C/C=C\CCCCC)OC(=O)C1CCN(C)CC1. The molecule has 3 heteroatoms. The van der Waals surface area contributed by atoms with Crippen molar-refractivity contribution in [1.82, 2.24) is 4.90 Å². The molecule has 0 aromatic heterocycles. The molecule has 0 aromatic carbocycles. The summed E-state index contributed by atoms with van der Waals surface area (Å²) in [4.78, 5) is 15.3. The molecule has 0 saturated carbocycles. The van der Waals surface area contributed by atoms with Crippen molar-refractivity contribution in [3.63, 3.8) is 0 Å². The third-order valence-corrected chi connectivity index (χ3v) is 9.79. The van der Waals surface area contributed by atoms with Gasteiger partial charge in [0.25, 0.3) is 0 Å². The summed E-state index contributed by atoms with van der Waals surface area (Å²) >= 11 is 0. The molecule has 1 saturated heterocycles. The van der Waals surface area contributed by atoms with Gasteiger partial charge in [-0.2, -0.15) is 0 Å². The lowest BCUT2D eigenvalue weighted by Crippen LogP contribution is -2.35. The van der Waals surface area contributed by atoms with Gasteiger partial charge in [-0.3, -0.25) is 4.79 Å². The van der Waals surface area contributed by atoms with Crippen molar-refractivity contribution in [2.75, 3.05) is 20.1 Å². The van der Waals surface area contributed by atoms with E-state index < -0.39 is 0 Å². The van der Waals surface area contributed by atoms with Crippen LogP contribution in [0.4, 0.5) is 0 Å². The summed E-state index contributed by atoms with van der Waals surface area (Å²) in [7, 11) is 2.15. The normalized spacial score (nSPS) is 15.1. The Morgan fingerprint density at radius 3 is 1.32 bits per heavy atom. The number of piperidine rings is 1. The standard InChI is InChI=1S/C44H79NO2/c1-4-6-8-10-12-14-16-18-20-22-24-26-28-30-32-34-36-43(47-44(46)42-38-40-45(3)41-39-42)37-35-33-31-29-27-25-23-21-19-17-15-13-11-9-7-5-2/h12-15,18-21,42-43H,4-11,16-17,22-41H2,1-3H3/b14-12-,15-13-,20-18-,21-19-. The van der Waals surface area contributed by atoms with Gasteiger partial charge in [-0.1, -0.05) is 140 Å². The molecule has 0 amide bonds. The summed E-state index contributed by atoms with van der Waals surface area (Å²) in [5.74, 6) is 0.198. The Balaban J connectivity index is 2.16. The van der Waals surface area contributed by atoms with E-state index in [4.69, 9.17) is 4.74 Å². The zero-order chi connectivity index (χ0) is 33.9. The Morgan fingerprint density at radius 2 is 0.915 bits per heavy atom. The van der Waals surface area contributed by atoms with Crippen LogP contribution in [-0.2, 0) is 9.53 Å². The summed E-state index contributed by atoms with van der Waals surface area (Å²) in [6, 6.07) is 0. The highest BCUT2D eigenvalue weighted by atomic mass is 16.5. The average Bonchev–Trinajstić information content (AvgIpc) is 3.08. The lowest BCUT2D eigenvalue weighted by molar-refractivity contribution is -0.156. The maximum atomic E-state index is 13.0. The number of carbonyl (C=O) groups is 1. The number of nitrogens with zero attached hydrogens (tertiary/aromatic N) is 1. The van der Waals surface area contributed by atoms with Crippen molar-refractivity contribution >= 4 is 5.97 Å².